The number of anilines is 1. The van der Waals surface area contributed by atoms with Crippen molar-refractivity contribution in [3.05, 3.63) is 24.0 Å². The predicted octanol–water partition coefficient (Wildman–Crippen LogP) is 1.51. The molecule has 1 aliphatic heterocycles. The van der Waals surface area contributed by atoms with Crippen LogP contribution in [0.5, 0.6) is 0 Å². The number of aromatic nitrogens is 1. The van der Waals surface area contributed by atoms with Gasteiger partial charge in [0.2, 0.25) is 0 Å². The van der Waals surface area contributed by atoms with Crippen molar-refractivity contribution in [1.82, 2.24) is 4.98 Å². The van der Waals surface area contributed by atoms with Gasteiger partial charge >= 0.3 is 0 Å². The van der Waals surface area contributed by atoms with E-state index >= 15 is 0 Å². The first-order valence-electron chi connectivity index (χ1n) is 5.94. The molecular formula is C12H18N4OS. The van der Waals surface area contributed by atoms with Crippen LogP contribution >= 0.6 is 11.8 Å². The monoisotopic (exact) mass is 266 g/mol. The van der Waals surface area contributed by atoms with Gasteiger partial charge in [-0.2, -0.15) is 11.8 Å². The SMILES string of the molecule is CC1CN(c2cnccc2/C(N)=N/O)CC(C)S1. The molecule has 6 heteroatoms. The average molecular weight is 266 g/mol. The summed E-state index contributed by atoms with van der Waals surface area (Å²) in [6.45, 7) is 6.33. The number of amidine groups is 1. The Labute approximate surface area is 111 Å². The lowest BCUT2D eigenvalue weighted by atomic mass is 10.1. The van der Waals surface area contributed by atoms with Crippen molar-refractivity contribution in [2.45, 2.75) is 24.3 Å². The molecule has 1 aromatic rings. The van der Waals surface area contributed by atoms with Gasteiger partial charge < -0.3 is 15.8 Å². The molecule has 3 N–H and O–H groups in total. The van der Waals surface area contributed by atoms with Crippen LogP contribution in [0, 0.1) is 0 Å². The Morgan fingerprint density at radius 1 is 1.50 bits per heavy atom. The molecule has 1 saturated heterocycles. The van der Waals surface area contributed by atoms with Gasteiger partial charge in [0.1, 0.15) is 0 Å². The second kappa shape index (κ2) is 5.48. The summed E-state index contributed by atoms with van der Waals surface area (Å²) in [7, 11) is 0. The Morgan fingerprint density at radius 3 is 2.78 bits per heavy atom. The highest BCUT2D eigenvalue weighted by Crippen LogP contribution is 2.29. The third-order valence-corrected chi connectivity index (χ3v) is 4.17. The minimum absolute atomic E-state index is 0.130. The van der Waals surface area contributed by atoms with E-state index in [1.165, 1.54) is 0 Å². The van der Waals surface area contributed by atoms with Crippen LogP contribution in [0.2, 0.25) is 0 Å². The zero-order chi connectivity index (χ0) is 13.1. The topological polar surface area (TPSA) is 74.7 Å². The third-order valence-electron chi connectivity index (χ3n) is 2.94. The molecule has 2 rings (SSSR count). The van der Waals surface area contributed by atoms with Crippen molar-refractivity contribution in [2.24, 2.45) is 10.9 Å². The fourth-order valence-electron chi connectivity index (χ4n) is 2.28. The van der Waals surface area contributed by atoms with E-state index in [2.05, 4.69) is 28.9 Å². The molecule has 0 spiro atoms. The van der Waals surface area contributed by atoms with Gasteiger partial charge in [-0.05, 0) is 6.07 Å². The second-order valence-corrected chi connectivity index (χ2v) is 6.42. The lowest BCUT2D eigenvalue weighted by molar-refractivity contribution is 0.318. The van der Waals surface area contributed by atoms with E-state index in [-0.39, 0.29) is 5.84 Å². The molecule has 2 heterocycles. The summed E-state index contributed by atoms with van der Waals surface area (Å²) in [6, 6.07) is 1.78. The van der Waals surface area contributed by atoms with Crippen LogP contribution in [-0.2, 0) is 0 Å². The number of pyridine rings is 1. The summed E-state index contributed by atoms with van der Waals surface area (Å²) in [5.41, 5.74) is 7.38. The van der Waals surface area contributed by atoms with Gasteiger partial charge in [-0.1, -0.05) is 19.0 Å². The molecule has 0 bridgehead atoms. The minimum Gasteiger partial charge on any atom is -0.409 e. The van der Waals surface area contributed by atoms with Gasteiger partial charge in [0.15, 0.2) is 5.84 Å². The highest BCUT2D eigenvalue weighted by molar-refractivity contribution is 8.00. The van der Waals surface area contributed by atoms with Crippen molar-refractivity contribution < 1.29 is 5.21 Å². The van der Waals surface area contributed by atoms with Crippen molar-refractivity contribution in [3.63, 3.8) is 0 Å². The van der Waals surface area contributed by atoms with Gasteiger partial charge in [-0.3, -0.25) is 4.98 Å². The molecule has 18 heavy (non-hydrogen) atoms. The summed E-state index contributed by atoms with van der Waals surface area (Å²) >= 11 is 1.99. The van der Waals surface area contributed by atoms with Gasteiger partial charge in [-0.15, -0.1) is 0 Å². The van der Waals surface area contributed by atoms with Crippen LogP contribution < -0.4 is 10.6 Å². The van der Waals surface area contributed by atoms with Crippen LogP contribution in [-0.4, -0.2) is 39.6 Å². The van der Waals surface area contributed by atoms with Crippen LogP contribution in [0.1, 0.15) is 19.4 Å². The first-order valence-corrected chi connectivity index (χ1v) is 6.88. The first kappa shape index (κ1) is 13.0. The van der Waals surface area contributed by atoms with E-state index in [0.717, 1.165) is 24.3 Å². The summed E-state index contributed by atoms with van der Waals surface area (Å²) in [5.74, 6) is 0.130. The molecule has 1 aromatic heterocycles. The number of rotatable bonds is 2. The zero-order valence-electron chi connectivity index (χ0n) is 10.6. The molecule has 2 atom stereocenters. The molecule has 2 unspecified atom stereocenters. The van der Waals surface area contributed by atoms with Gasteiger partial charge in [0.05, 0.1) is 11.9 Å². The van der Waals surface area contributed by atoms with E-state index in [1.807, 2.05) is 11.8 Å². The standard InChI is InChI=1S/C12H18N4OS/c1-8-6-16(7-9(2)18-8)11-5-14-4-3-10(11)12(13)15-17/h3-5,8-9,17H,6-7H2,1-2H3,(H2,13,15). The van der Waals surface area contributed by atoms with E-state index in [9.17, 15) is 0 Å². The fraction of sp³-hybridized carbons (Fsp3) is 0.500. The highest BCUT2D eigenvalue weighted by Gasteiger charge is 2.24. The number of thioether (sulfide) groups is 1. The predicted molar refractivity (Wildman–Crippen MR) is 75.5 cm³/mol. The Bertz CT molecular complexity index is 441. The number of oxime groups is 1. The van der Waals surface area contributed by atoms with Gasteiger partial charge in [0.25, 0.3) is 0 Å². The minimum atomic E-state index is 0.130. The maximum Gasteiger partial charge on any atom is 0.172 e. The van der Waals surface area contributed by atoms with E-state index < -0.39 is 0 Å². The number of hydrogen-bond donors (Lipinski definition) is 2. The van der Waals surface area contributed by atoms with Crippen LogP contribution in [0.15, 0.2) is 23.6 Å². The summed E-state index contributed by atoms with van der Waals surface area (Å²) < 4.78 is 0. The Hall–Kier alpha value is -1.43. The molecule has 5 nitrogen and oxygen atoms in total. The summed E-state index contributed by atoms with van der Waals surface area (Å²) in [6.07, 6.45) is 3.44. The van der Waals surface area contributed by atoms with Crippen molar-refractivity contribution in [2.75, 3.05) is 18.0 Å². The maximum absolute atomic E-state index is 8.83. The second-order valence-electron chi connectivity index (χ2n) is 4.54. The smallest absolute Gasteiger partial charge is 0.172 e. The molecule has 0 aliphatic carbocycles. The number of hydrogen-bond acceptors (Lipinski definition) is 5. The Balaban J connectivity index is 2.32. The maximum atomic E-state index is 8.83. The molecule has 1 aliphatic rings. The number of nitrogens with two attached hydrogens (primary N) is 1. The Kier molecular flexibility index (Phi) is 3.96. The van der Waals surface area contributed by atoms with Gasteiger partial charge in [-0.25, -0.2) is 0 Å². The lowest BCUT2D eigenvalue weighted by Gasteiger charge is -2.36. The number of nitrogens with zero attached hydrogens (tertiary/aromatic N) is 3. The quantitative estimate of drug-likeness (QED) is 0.367. The van der Waals surface area contributed by atoms with E-state index in [0.29, 0.717) is 10.5 Å². The summed E-state index contributed by atoms with van der Waals surface area (Å²) in [4.78, 5) is 6.40. The highest BCUT2D eigenvalue weighted by atomic mass is 32.2. The fourth-order valence-corrected chi connectivity index (χ4v) is 3.61. The molecule has 0 amide bonds. The van der Waals surface area contributed by atoms with Crippen molar-refractivity contribution in [3.8, 4) is 0 Å². The molecule has 1 fully saturated rings. The van der Waals surface area contributed by atoms with Crippen molar-refractivity contribution in [1.29, 1.82) is 0 Å². The van der Waals surface area contributed by atoms with Crippen LogP contribution in [0.25, 0.3) is 0 Å². The largest absolute Gasteiger partial charge is 0.409 e. The summed E-state index contributed by atoms with van der Waals surface area (Å²) in [5, 5.41) is 13.0. The zero-order valence-corrected chi connectivity index (χ0v) is 11.4. The van der Waals surface area contributed by atoms with E-state index in [4.69, 9.17) is 10.9 Å². The van der Waals surface area contributed by atoms with Crippen LogP contribution in [0.3, 0.4) is 0 Å². The van der Waals surface area contributed by atoms with E-state index in [1.54, 1.807) is 18.5 Å². The average Bonchev–Trinajstić information content (AvgIpc) is 2.36. The van der Waals surface area contributed by atoms with Crippen LogP contribution in [0.4, 0.5) is 5.69 Å². The first-order chi connectivity index (χ1) is 8.61. The molecular weight excluding hydrogens is 248 g/mol. The molecule has 0 aromatic carbocycles. The Morgan fingerprint density at radius 2 is 2.17 bits per heavy atom. The normalized spacial score (nSPS) is 25.2. The lowest BCUT2D eigenvalue weighted by Crippen LogP contribution is -2.41. The van der Waals surface area contributed by atoms with Crippen molar-refractivity contribution >= 4 is 23.3 Å². The molecule has 98 valence electrons. The van der Waals surface area contributed by atoms with Gasteiger partial charge in [0, 0.05) is 35.3 Å². The third kappa shape index (κ3) is 2.69. The molecule has 0 saturated carbocycles. The molecule has 0 radical (unpaired) electrons.